The fraction of sp³-hybridized carbons (Fsp3) is 0.812. The Balaban J connectivity index is 1.66. The molecule has 2 aliphatic rings. The minimum Gasteiger partial charge on any atom is -0.298 e. The van der Waals surface area contributed by atoms with Gasteiger partial charge in [-0.3, -0.25) is 14.5 Å². The largest absolute Gasteiger partial charge is 0.298 e. The molecule has 0 unspecified atom stereocenters. The number of nitrogens with zero attached hydrogens (tertiary/aromatic N) is 4. The number of aryl methyl sites for hydroxylation is 1. The molecule has 2 fully saturated rings. The zero-order valence-corrected chi connectivity index (χ0v) is 14.2. The summed E-state index contributed by atoms with van der Waals surface area (Å²) < 4.78 is 2.04. The third-order valence-corrected chi connectivity index (χ3v) is 5.60. The van der Waals surface area contributed by atoms with Crippen LogP contribution in [-0.4, -0.2) is 63.3 Å². The maximum absolute atomic E-state index is 4.43. The van der Waals surface area contributed by atoms with Crippen LogP contribution in [0.3, 0.4) is 0 Å². The van der Waals surface area contributed by atoms with Crippen LogP contribution < -0.4 is 0 Å². The van der Waals surface area contributed by atoms with Gasteiger partial charge in [-0.05, 0) is 44.7 Å². The molecule has 4 nitrogen and oxygen atoms in total. The number of hydrogen-bond acceptors (Lipinski definition) is 4. The summed E-state index contributed by atoms with van der Waals surface area (Å²) in [4.78, 5) is 5.46. The molecule has 0 aromatic carbocycles. The van der Waals surface area contributed by atoms with Gasteiger partial charge in [0, 0.05) is 50.0 Å². The van der Waals surface area contributed by atoms with Crippen molar-refractivity contribution in [3.63, 3.8) is 0 Å². The lowest BCUT2D eigenvalue weighted by atomic mass is 10.0. The van der Waals surface area contributed by atoms with E-state index in [0.717, 1.165) is 25.2 Å². The quantitative estimate of drug-likeness (QED) is 0.805. The van der Waals surface area contributed by atoms with Gasteiger partial charge in [-0.2, -0.15) is 16.9 Å². The molecular weight excluding hydrogens is 280 g/mol. The van der Waals surface area contributed by atoms with Crippen molar-refractivity contribution < 1.29 is 0 Å². The summed E-state index contributed by atoms with van der Waals surface area (Å²) in [5, 5.41) is 4.43. The van der Waals surface area contributed by atoms with Gasteiger partial charge in [-0.1, -0.05) is 0 Å². The smallest absolute Gasteiger partial charge is 0.0534 e. The highest BCUT2D eigenvalue weighted by Gasteiger charge is 2.35. The molecule has 21 heavy (non-hydrogen) atoms. The molecule has 1 aromatic heterocycles. The summed E-state index contributed by atoms with van der Waals surface area (Å²) >= 11 is 1.97. The minimum atomic E-state index is 0.719. The molecule has 0 amide bonds. The third kappa shape index (κ3) is 3.63. The minimum absolute atomic E-state index is 0.719. The van der Waals surface area contributed by atoms with Crippen molar-refractivity contribution in [1.29, 1.82) is 0 Å². The van der Waals surface area contributed by atoms with Crippen LogP contribution in [0.2, 0.25) is 0 Å². The van der Waals surface area contributed by atoms with E-state index in [-0.39, 0.29) is 0 Å². The summed E-state index contributed by atoms with van der Waals surface area (Å²) in [7, 11) is 0. The van der Waals surface area contributed by atoms with Gasteiger partial charge >= 0.3 is 0 Å². The van der Waals surface area contributed by atoms with Crippen LogP contribution >= 0.6 is 11.8 Å². The van der Waals surface area contributed by atoms with Crippen LogP contribution in [0.15, 0.2) is 12.4 Å². The topological polar surface area (TPSA) is 24.3 Å². The Morgan fingerprint density at radius 2 is 2.29 bits per heavy atom. The number of thioether (sulfide) groups is 1. The molecular formula is C16H28N4S. The normalized spacial score (nSPS) is 27.1. The zero-order valence-electron chi connectivity index (χ0n) is 13.4. The standard InChI is InChI=1S/C16H28N4S/c1-3-20-11-14(9-17-20)10-19-13-15-5-4-7-18(15)12-16(19)6-8-21-2/h9,11,15-16H,3-8,10,12-13H2,1-2H3/t15-,16-/m0/s1. The van der Waals surface area contributed by atoms with Gasteiger partial charge in [-0.25, -0.2) is 0 Å². The molecule has 3 heterocycles. The Labute approximate surface area is 132 Å². The van der Waals surface area contributed by atoms with Gasteiger partial charge in [-0.15, -0.1) is 0 Å². The summed E-state index contributed by atoms with van der Waals surface area (Å²) in [6.07, 6.45) is 10.6. The molecule has 0 radical (unpaired) electrons. The Morgan fingerprint density at radius 3 is 3.05 bits per heavy atom. The molecule has 5 heteroatoms. The lowest BCUT2D eigenvalue weighted by molar-refractivity contribution is 0.0442. The molecule has 0 bridgehead atoms. The fourth-order valence-electron chi connectivity index (χ4n) is 3.77. The molecule has 118 valence electrons. The first-order valence-corrected chi connectivity index (χ1v) is 9.68. The highest BCUT2D eigenvalue weighted by atomic mass is 32.2. The van der Waals surface area contributed by atoms with E-state index in [4.69, 9.17) is 0 Å². The average molecular weight is 308 g/mol. The highest BCUT2D eigenvalue weighted by molar-refractivity contribution is 7.98. The van der Waals surface area contributed by atoms with Gasteiger partial charge in [0.15, 0.2) is 0 Å². The highest BCUT2D eigenvalue weighted by Crippen LogP contribution is 2.27. The fourth-order valence-corrected chi connectivity index (χ4v) is 4.27. The van der Waals surface area contributed by atoms with Crippen molar-refractivity contribution in [2.75, 3.05) is 31.6 Å². The van der Waals surface area contributed by atoms with E-state index < -0.39 is 0 Å². The van der Waals surface area contributed by atoms with Gasteiger partial charge in [0.05, 0.1) is 6.20 Å². The molecule has 0 aliphatic carbocycles. The Bertz CT molecular complexity index is 447. The van der Waals surface area contributed by atoms with Gasteiger partial charge < -0.3 is 0 Å². The van der Waals surface area contributed by atoms with Crippen LogP contribution in [-0.2, 0) is 13.1 Å². The number of piperazine rings is 1. The predicted molar refractivity (Wildman–Crippen MR) is 89.7 cm³/mol. The van der Waals surface area contributed by atoms with Gasteiger partial charge in [0.25, 0.3) is 0 Å². The first-order chi connectivity index (χ1) is 10.3. The van der Waals surface area contributed by atoms with Gasteiger partial charge in [0.1, 0.15) is 0 Å². The van der Waals surface area contributed by atoms with Crippen molar-refractivity contribution in [3.8, 4) is 0 Å². The molecule has 0 spiro atoms. The molecule has 0 saturated carbocycles. The zero-order chi connectivity index (χ0) is 14.7. The Hall–Kier alpha value is -0.520. The number of fused-ring (bicyclic) bond motifs is 1. The summed E-state index contributed by atoms with van der Waals surface area (Å²) in [6.45, 7) is 8.02. The Morgan fingerprint density at radius 1 is 1.38 bits per heavy atom. The number of rotatable bonds is 6. The van der Waals surface area contributed by atoms with E-state index in [0.29, 0.717) is 0 Å². The average Bonchev–Trinajstić information content (AvgIpc) is 3.13. The maximum atomic E-state index is 4.43. The second-order valence-corrected chi connectivity index (χ2v) is 7.35. The van der Waals surface area contributed by atoms with Crippen molar-refractivity contribution >= 4 is 11.8 Å². The first-order valence-electron chi connectivity index (χ1n) is 8.28. The predicted octanol–water partition coefficient (Wildman–Crippen LogP) is 2.30. The van der Waals surface area contributed by atoms with Crippen molar-refractivity contribution in [3.05, 3.63) is 18.0 Å². The van der Waals surface area contributed by atoms with E-state index >= 15 is 0 Å². The monoisotopic (exact) mass is 308 g/mol. The summed E-state index contributed by atoms with van der Waals surface area (Å²) in [5.41, 5.74) is 1.37. The van der Waals surface area contributed by atoms with Crippen molar-refractivity contribution in [1.82, 2.24) is 19.6 Å². The number of hydrogen-bond donors (Lipinski definition) is 0. The van der Waals surface area contributed by atoms with E-state index in [2.05, 4.69) is 40.5 Å². The molecule has 2 aliphatic heterocycles. The lowest BCUT2D eigenvalue weighted by Gasteiger charge is -2.43. The van der Waals surface area contributed by atoms with E-state index in [9.17, 15) is 0 Å². The van der Waals surface area contributed by atoms with E-state index in [1.54, 1.807) is 0 Å². The second kappa shape index (κ2) is 7.16. The molecule has 2 saturated heterocycles. The SMILES string of the molecule is CCn1cc(CN2C[C@@H]3CCCN3C[C@@H]2CCSC)cn1. The molecule has 3 rings (SSSR count). The Kier molecular flexibility index (Phi) is 5.24. The lowest BCUT2D eigenvalue weighted by Crippen LogP contribution is -2.55. The summed E-state index contributed by atoms with van der Waals surface area (Å²) in [5.74, 6) is 1.27. The van der Waals surface area contributed by atoms with E-state index in [1.165, 1.54) is 50.2 Å². The van der Waals surface area contributed by atoms with Crippen molar-refractivity contribution in [2.24, 2.45) is 0 Å². The van der Waals surface area contributed by atoms with Crippen molar-refractivity contribution in [2.45, 2.75) is 51.4 Å². The van der Waals surface area contributed by atoms with Crippen LogP contribution in [0.1, 0.15) is 31.7 Å². The summed E-state index contributed by atoms with van der Waals surface area (Å²) in [6, 6.07) is 1.52. The second-order valence-electron chi connectivity index (χ2n) is 6.36. The van der Waals surface area contributed by atoms with Crippen LogP contribution in [0.5, 0.6) is 0 Å². The first kappa shape index (κ1) is 15.4. The third-order valence-electron chi connectivity index (χ3n) is 4.96. The van der Waals surface area contributed by atoms with E-state index in [1.807, 2.05) is 16.4 Å². The molecule has 2 atom stereocenters. The van der Waals surface area contributed by atoms with Crippen LogP contribution in [0.4, 0.5) is 0 Å². The van der Waals surface area contributed by atoms with Crippen LogP contribution in [0.25, 0.3) is 0 Å². The van der Waals surface area contributed by atoms with Gasteiger partial charge in [0.2, 0.25) is 0 Å². The molecule has 0 N–H and O–H groups in total. The molecule has 1 aromatic rings. The van der Waals surface area contributed by atoms with Crippen LogP contribution in [0, 0.1) is 0 Å². The number of aromatic nitrogens is 2. The maximum Gasteiger partial charge on any atom is 0.0534 e.